The lowest BCUT2D eigenvalue weighted by Crippen LogP contribution is -2.65. The molecule has 2 saturated heterocycles. The summed E-state index contributed by atoms with van der Waals surface area (Å²) in [5.41, 5.74) is 1.27. The summed E-state index contributed by atoms with van der Waals surface area (Å²) in [6, 6.07) is 0. The average Bonchev–Trinajstić information content (AvgIpc) is 3.33. The molecule has 2 aliphatic heterocycles. The molecule has 0 aromatic carbocycles. The number of carbonyl (C=O) groups is 1. The highest BCUT2D eigenvalue weighted by Gasteiger charge is 2.61. The Bertz CT molecular complexity index is 1160. The molecule has 2 aliphatic rings. The number of aromatic nitrogens is 4. The minimum atomic E-state index is -2.94. The lowest BCUT2D eigenvalue weighted by molar-refractivity contribution is -0.114. The predicted octanol–water partition coefficient (Wildman–Crippen LogP) is 4.65. The number of hydrogen-bond donors (Lipinski definition) is 2. The number of imidazole rings is 1. The van der Waals surface area contributed by atoms with Crippen molar-refractivity contribution in [3.05, 3.63) is 11.5 Å². The maximum absolute atomic E-state index is 11.6. The number of ether oxygens (including phenoxy) is 1. The Hall–Kier alpha value is -1.46. The Balaban J connectivity index is 1.78. The van der Waals surface area contributed by atoms with E-state index in [4.69, 9.17) is 29.3 Å². The number of nitrogens with one attached hydrogen (secondary N) is 1. The van der Waals surface area contributed by atoms with Crippen LogP contribution >= 0.6 is 11.6 Å². The molecule has 2 aromatic rings. The van der Waals surface area contributed by atoms with Gasteiger partial charge in [0, 0.05) is 6.92 Å². The minimum Gasteiger partial charge on any atom is -0.414 e. The minimum absolute atomic E-state index is 0.0407. The van der Waals surface area contributed by atoms with E-state index in [1.807, 2.05) is 0 Å². The van der Waals surface area contributed by atoms with Gasteiger partial charge in [-0.25, -0.2) is 4.98 Å². The number of fused-ring (bicyclic) bond motifs is 2. The van der Waals surface area contributed by atoms with Crippen molar-refractivity contribution in [3.8, 4) is 0 Å². The molecule has 0 spiro atoms. The molecular weight excluding hydrogens is 546 g/mol. The molecule has 4 heterocycles. The second kappa shape index (κ2) is 10.8. The fourth-order valence-corrected chi connectivity index (χ4v) is 17.1. The van der Waals surface area contributed by atoms with Crippen molar-refractivity contribution in [2.24, 2.45) is 0 Å². The van der Waals surface area contributed by atoms with Crippen molar-refractivity contribution in [3.63, 3.8) is 0 Å². The van der Waals surface area contributed by atoms with Crippen LogP contribution in [0.3, 0.4) is 0 Å². The molecular formula is C24H40ClN5O6Si2. The molecule has 2 aromatic heterocycles. The third-order valence-corrected chi connectivity index (χ3v) is 18.1. The number of anilines is 1. The average molecular weight is 586 g/mol. The summed E-state index contributed by atoms with van der Waals surface area (Å²) in [6.07, 6.45) is -1.62. The highest BCUT2D eigenvalue weighted by atomic mass is 35.5. The van der Waals surface area contributed by atoms with Gasteiger partial charge >= 0.3 is 17.1 Å². The van der Waals surface area contributed by atoms with Gasteiger partial charge in [0.25, 0.3) is 0 Å². The van der Waals surface area contributed by atoms with E-state index in [0.717, 1.165) is 0 Å². The van der Waals surface area contributed by atoms with Gasteiger partial charge in [0.2, 0.25) is 11.9 Å². The quantitative estimate of drug-likeness (QED) is 0.367. The van der Waals surface area contributed by atoms with Gasteiger partial charge in [-0.15, -0.1) is 0 Å². The molecule has 2 N–H and O–H groups in total. The van der Waals surface area contributed by atoms with Crippen LogP contribution < -0.4 is 5.32 Å². The first-order valence-electron chi connectivity index (χ1n) is 13.3. The second-order valence-electron chi connectivity index (χ2n) is 11.5. The lowest BCUT2D eigenvalue weighted by atomic mass is 10.1. The molecule has 0 radical (unpaired) electrons. The summed E-state index contributed by atoms with van der Waals surface area (Å²) < 4.78 is 29.0. The molecule has 0 bridgehead atoms. The van der Waals surface area contributed by atoms with Crippen molar-refractivity contribution in [2.75, 3.05) is 11.9 Å². The van der Waals surface area contributed by atoms with Crippen LogP contribution in [0.4, 0.5) is 5.95 Å². The molecule has 11 nitrogen and oxygen atoms in total. The van der Waals surface area contributed by atoms with E-state index in [1.165, 1.54) is 13.3 Å². The standard InChI is InChI=1S/C24H40ClN5O6Si2/c1-12(2)37(13(3)4)33-10-17-20(35-38(36-37,14(5)6)15(7)8)19(32)23(34-17)30-11-26-18-21(25)28-24(27-16(9)31)29-22(18)30/h11-15,17,19-20,23,32H,10H2,1-9H3,(H,27,28,29,31)/t17-,19+,20+,23+/m0/s1. The molecule has 1 amide bonds. The number of carbonyl (C=O) groups excluding carboxylic acids is 1. The number of aliphatic hydroxyl groups is 1. The summed E-state index contributed by atoms with van der Waals surface area (Å²) in [7, 11) is -5.68. The molecule has 4 atom stereocenters. The Labute approximate surface area is 231 Å². The first kappa shape index (κ1) is 29.5. The van der Waals surface area contributed by atoms with Crippen molar-refractivity contribution < 1.29 is 27.6 Å². The number of rotatable bonds is 6. The van der Waals surface area contributed by atoms with Crippen molar-refractivity contribution >= 4 is 51.7 Å². The van der Waals surface area contributed by atoms with Crippen LogP contribution in [0.5, 0.6) is 0 Å². The molecule has 38 heavy (non-hydrogen) atoms. The van der Waals surface area contributed by atoms with Crippen LogP contribution in [0.15, 0.2) is 6.33 Å². The molecule has 0 saturated carbocycles. The topological polar surface area (TPSA) is 130 Å². The fourth-order valence-electron chi connectivity index (χ4n) is 5.65. The summed E-state index contributed by atoms with van der Waals surface area (Å²) >= 11 is 6.33. The Morgan fingerprint density at radius 2 is 1.68 bits per heavy atom. The first-order chi connectivity index (χ1) is 17.7. The van der Waals surface area contributed by atoms with E-state index in [1.54, 1.807) is 4.57 Å². The number of nitrogens with zero attached hydrogens (tertiary/aromatic N) is 4. The SMILES string of the molecule is CC(=O)Nc1nc(Cl)c2ncn([C@@H]3O[C@H]4CO[Si](C(C)C)(C(C)C)O[Si](C(C)C)(C(C)C)O[C@H]4[C@H]3O)c2n1. The zero-order valence-electron chi connectivity index (χ0n) is 23.6. The van der Waals surface area contributed by atoms with E-state index < -0.39 is 41.7 Å². The number of amides is 1. The van der Waals surface area contributed by atoms with Gasteiger partial charge in [-0.2, -0.15) is 9.97 Å². The van der Waals surface area contributed by atoms with E-state index in [0.29, 0.717) is 11.2 Å². The Morgan fingerprint density at radius 3 is 2.24 bits per heavy atom. The van der Waals surface area contributed by atoms with Crippen molar-refractivity contribution in [2.45, 2.75) is 109 Å². The summed E-state index contributed by atoms with van der Waals surface area (Å²) in [5.74, 6) is -0.293. The van der Waals surface area contributed by atoms with Gasteiger partial charge in [-0.05, 0) is 22.2 Å². The summed E-state index contributed by atoms with van der Waals surface area (Å²) in [5, 5.41) is 14.3. The normalized spacial score (nSPS) is 27.2. The van der Waals surface area contributed by atoms with Gasteiger partial charge in [-0.1, -0.05) is 67.0 Å². The number of halogens is 1. The lowest BCUT2D eigenvalue weighted by Gasteiger charge is -2.51. The van der Waals surface area contributed by atoms with Crippen molar-refractivity contribution in [1.82, 2.24) is 19.5 Å². The number of aliphatic hydroxyl groups excluding tert-OH is 1. The molecule has 0 unspecified atom stereocenters. The molecule has 212 valence electrons. The zero-order chi connectivity index (χ0) is 28.2. The van der Waals surface area contributed by atoms with Crippen LogP contribution in [-0.4, -0.2) is 72.6 Å². The predicted molar refractivity (Wildman–Crippen MR) is 148 cm³/mol. The van der Waals surface area contributed by atoms with Crippen LogP contribution in [0.2, 0.25) is 27.3 Å². The largest absolute Gasteiger partial charge is 0.414 e. The van der Waals surface area contributed by atoms with E-state index >= 15 is 0 Å². The highest BCUT2D eigenvalue weighted by molar-refractivity contribution is 6.84. The van der Waals surface area contributed by atoms with Gasteiger partial charge in [-0.3, -0.25) is 14.7 Å². The molecule has 14 heteroatoms. The summed E-state index contributed by atoms with van der Waals surface area (Å²) in [6.45, 7) is 18.8. The van der Waals surface area contributed by atoms with E-state index in [9.17, 15) is 9.90 Å². The third-order valence-electron chi connectivity index (χ3n) is 7.58. The maximum Gasteiger partial charge on any atom is 0.335 e. The molecule has 2 fully saturated rings. The maximum atomic E-state index is 11.6. The van der Waals surface area contributed by atoms with E-state index in [2.05, 4.69) is 75.7 Å². The van der Waals surface area contributed by atoms with Gasteiger partial charge in [0.1, 0.15) is 23.8 Å². The second-order valence-corrected chi connectivity index (χ2v) is 20.7. The molecule has 0 aliphatic carbocycles. The summed E-state index contributed by atoms with van der Waals surface area (Å²) in [4.78, 5) is 24.5. The fraction of sp³-hybridized carbons (Fsp3) is 0.750. The zero-order valence-corrected chi connectivity index (χ0v) is 26.3. The third kappa shape index (κ3) is 4.96. The highest BCUT2D eigenvalue weighted by Crippen LogP contribution is 2.48. The van der Waals surface area contributed by atoms with Gasteiger partial charge in [0.15, 0.2) is 17.0 Å². The van der Waals surface area contributed by atoms with Crippen LogP contribution in [0.25, 0.3) is 11.2 Å². The smallest absolute Gasteiger partial charge is 0.335 e. The van der Waals surface area contributed by atoms with Crippen LogP contribution in [-0.2, 0) is 22.5 Å². The van der Waals surface area contributed by atoms with E-state index in [-0.39, 0.29) is 45.8 Å². The molecule has 4 rings (SSSR count). The first-order valence-corrected chi connectivity index (χ1v) is 17.6. The van der Waals surface area contributed by atoms with Crippen LogP contribution in [0, 0.1) is 0 Å². The van der Waals surface area contributed by atoms with Crippen LogP contribution in [0.1, 0.15) is 68.5 Å². The Morgan fingerprint density at radius 1 is 1.08 bits per heavy atom. The Kier molecular flexibility index (Phi) is 8.42. The monoisotopic (exact) mass is 585 g/mol. The van der Waals surface area contributed by atoms with Gasteiger partial charge < -0.3 is 22.8 Å². The number of hydrogen-bond acceptors (Lipinski definition) is 9. The van der Waals surface area contributed by atoms with Crippen molar-refractivity contribution in [1.29, 1.82) is 0 Å². The van der Waals surface area contributed by atoms with Gasteiger partial charge in [0.05, 0.1) is 12.9 Å².